The SMILES string of the molecule is COc1cc(OC)cc(C2C3C(=O)N(C)C(=O)C3ON2CC(N)=O)c1. The lowest BCUT2D eigenvalue weighted by molar-refractivity contribution is -0.181. The van der Waals surface area contributed by atoms with Crippen molar-refractivity contribution >= 4 is 17.7 Å². The topological polar surface area (TPSA) is 111 Å². The Balaban J connectivity index is 2.07. The van der Waals surface area contributed by atoms with Crippen LogP contribution in [-0.4, -0.2) is 61.6 Å². The lowest BCUT2D eigenvalue weighted by Crippen LogP contribution is -2.38. The summed E-state index contributed by atoms with van der Waals surface area (Å²) < 4.78 is 10.5. The molecule has 0 bridgehead atoms. The molecule has 2 aliphatic heterocycles. The number of amides is 3. The molecule has 2 aliphatic rings. The van der Waals surface area contributed by atoms with Crippen molar-refractivity contribution in [3.8, 4) is 11.5 Å². The number of ether oxygens (including phenoxy) is 2. The number of fused-ring (bicyclic) bond motifs is 1. The maximum Gasteiger partial charge on any atom is 0.261 e. The van der Waals surface area contributed by atoms with Gasteiger partial charge in [0.25, 0.3) is 5.91 Å². The first kappa shape index (κ1) is 17.2. The minimum Gasteiger partial charge on any atom is -0.497 e. The zero-order valence-electron chi connectivity index (χ0n) is 14.1. The highest BCUT2D eigenvalue weighted by molar-refractivity contribution is 6.07. The Labute approximate surface area is 144 Å². The number of hydrogen-bond acceptors (Lipinski definition) is 7. The standard InChI is InChI=1S/C16H19N3O6/c1-18-15(21)12-13(8-4-9(23-2)6-10(5-8)24-3)19(7-11(17)20)25-14(12)16(18)22/h4-6,12-14H,7H2,1-3H3,(H2,17,20). The molecule has 0 spiro atoms. The van der Waals surface area contributed by atoms with Gasteiger partial charge in [-0.15, -0.1) is 0 Å². The van der Waals surface area contributed by atoms with E-state index in [0.29, 0.717) is 17.1 Å². The van der Waals surface area contributed by atoms with Crippen molar-refractivity contribution in [2.24, 2.45) is 11.7 Å². The van der Waals surface area contributed by atoms with Gasteiger partial charge in [-0.1, -0.05) is 0 Å². The number of methoxy groups -OCH3 is 2. The molecule has 0 aromatic heterocycles. The minimum absolute atomic E-state index is 0.249. The van der Waals surface area contributed by atoms with E-state index in [1.54, 1.807) is 18.2 Å². The number of hydrogen-bond donors (Lipinski definition) is 1. The monoisotopic (exact) mass is 349 g/mol. The largest absolute Gasteiger partial charge is 0.497 e. The van der Waals surface area contributed by atoms with Crippen LogP contribution >= 0.6 is 0 Å². The highest BCUT2D eigenvalue weighted by Crippen LogP contribution is 2.45. The smallest absolute Gasteiger partial charge is 0.261 e. The highest BCUT2D eigenvalue weighted by atomic mass is 16.7. The third-order valence-corrected chi connectivity index (χ3v) is 4.44. The Hall–Kier alpha value is -2.65. The van der Waals surface area contributed by atoms with Crippen LogP contribution in [-0.2, 0) is 19.2 Å². The fourth-order valence-electron chi connectivity index (χ4n) is 3.27. The molecule has 2 N–H and O–H groups in total. The van der Waals surface area contributed by atoms with E-state index in [9.17, 15) is 14.4 Å². The molecule has 0 aliphatic carbocycles. The third kappa shape index (κ3) is 2.81. The van der Waals surface area contributed by atoms with Gasteiger partial charge < -0.3 is 15.2 Å². The Morgan fingerprint density at radius 2 is 1.76 bits per heavy atom. The predicted molar refractivity (Wildman–Crippen MR) is 84.3 cm³/mol. The molecule has 1 aromatic rings. The van der Waals surface area contributed by atoms with Gasteiger partial charge in [0.2, 0.25) is 11.8 Å². The van der Waals surface area contributed by atoms with E-state index in [2.05, 4.69) is 0 Å². The second-order valence-corrected chi connectivity index (χ2v) is 5.92. The summed E-state index contributed by atoms with van der Waals surface area (Å²) in [6.07, 6.45) is -0.973. The first-order chi connectivity index (χ1) is 11.9. The predicted octanol–water partition coefficient (Wildman–Crippen LogP) is -0.539. The quantitative estimate of drug-likeness (QED) is 0.711. The first-order valence-corrected chi connectivity index (χ1v) is 7.63. The maximum absolute atomic E-state index is 12.5. The van der Waals surface area contributed by atoms with E-state index in [-0.39, 0.29) is 12.5 Å². The molecule has 9 heteroatoms. The number of carbonyl (C=O) groups excluding carboxylic acids is 3. The summed E-state index contributed by atoms with van der Waals surface area (Å²) in [7, 11) is 4.42. The molecule has 3 amide bonds. The van der Waals surface area contributed by atoms with E-state index >= 15 is 0 Å². The second-order valence-electron chi connectivity index (χ2n) is 5.92. The van der Waals surface area contributed by atoms with Gasteiger partial charge in [-0.25, -0.2) is 0 Å². The number of carbonyl (C=O) groups is 3. The molecule has 2 heterocycles. The zero-order chi connectivity index (χ0) is 18.3. The van der Waals surface area contributed by atoms with Gasteiger partial charge in [0.1, 0.15) is 18.0 Å². The van der Waals surface area contributed by atoms with Crippen LogP contribution in [0.1, 0.15) is 11.6 Å². The van der Waals surface area contributed by atoms with Crippen LogP contribution < -0.4 is 15.2 Å². The fraction of sp³-hybridized carbons (Fsp3) is 0.438. The van der Waals surface area contributed by atoms with Gasteiger partial charge >= 0.3 is 0 Å². The lowest BCUT2D eigenvalue weighted by atomic mass is 9.90. The van der Waals surface area contributed by atoms with E-state index in [0.717, 1.165) is 4.90 Å². The lowest BCUT2D eigenvalue weighted by Gasteiger charge is -2.25. The number of imide groups is 1. The van der Waals surface area contributed by atoms with Crippen LogP contribution in [0.3, 0.4) is 0 Å². The van der Waals surface area contributed by atoms with E-state index in [4.69, 9.17) is 20.0 Å². The Morgan fingerprint density at radius 1 is 1.16 bits per heavy atom. The molecule has 2 fully saturated rings. The Bertz CT molecular complexity index is 714. The van der Waals surface area contributed by atoms with Gasteiger partial charge in [0, 0.05) is 13.1 Å². The van der Waals surface area contributed by atoms with Gasteiger partial charge in [0.15, 0.2) is 6.10 Å². The van der Waals surface area contributed by atoms with E-state index < -0.39 is 29.9 Å². The summed E-state index contributed by atoms with van der Waals surface area (Å²) in [4.78, 5) is 42.8. The van der Waals surface area contributed by atoms with Crippen LogP contribution in [0, 0.1) is 5.92 Å². The second kappa shape index (κ2) is 6.34. The number of nitrogens with zero attached hydrogens (tertiary/aromatic N) is 2. The van der Waals surface area contributed by atoms with Crippen LogP contribution in [0.2, 0.25) is 0 Å². The summed E-state index contributed by atoms with van der Waals surface area (Å²) in [6.45, 7) is -0.249. The molecule has 3 unspecified atom stereocenters. The summed E-state index contributed by atoms with van der Waals surface area (Å²) in [5.74, 6) is -1.18. The molecular weight excluding hydrogens is 330 g/mol. The molecule has 9 nitrogen and oxygen atoms in total. The summed E-state index contributed by atoms with van der Waals surface area (Å²) >= 11 is 0. The van der Waals surface area contributed by atoms with Crippen LogP contribution in [0.15, 0.2) is 18.2 Å². The van der Waals surface area contributed by atoms with E-state index in [1.165, 1.54) is 26.3 Å². The molecule has 2 saturated heterocycles. The number of likely N-dealkylation sites (N-methyl/N-ethyl adjacent to an activating group) is 1. The molecule has 0 radical (unpaired) electrons. The zero-order valence-corrected chi connectivity index (χ0v) is 14.1. The summed E-state index contributed by atoms with van der Waals surface area (Å²) in [5, 5.41) is 1.29. The third-order valence-electron chi connectivity index (χ3n) is 4.44. The van der Waals surface area contributed by atoms with Crippen molar-refractivity contribution in [3.63, 3.8) is 0 Å². The molecule has 3 rings (SSSR count). The van der Waals surface area contributed by atoms with Crippen LogP contribution in [0.5, 0.6) is 11.5 Å². The average Bonchev–Trinajstić information content (AvgIpc) is 3.05. The molecule has 3 atom stereocenters. The number of primary amides is 1. The molecule has 1 aromatic carbocycles. The van der Waals surface area contributed by atoms with Crippen molar-refractivity contribution in [2.45, 2.75) is 12.1 Å². The van der Waals surface area contributed by atoms with Gasteiger partial charge in [0.05, 0.1) is 26.2 Å². The van der Waals surface area contributed by atoms with E-state index in [1.807, 2.05) is 0 Å². The van der Waals surface area contributed by atoms with Gasteiger partial charge in [-0.3, -0.25) is 24.1 Å². The van der Waals surface area contributed by atoms with Crippen LogP contribution in [0.4, 0.5) is 0 Å². The number of benzene rings is 1. The number of rotatable bonds is 5. The first-order valence-electron chi connectivity index (χ1n) is 7.63. The molecule has 0 saturated carbocycles. The fourth-order valence-corrected chi connectivity index (χ4v) is 3.27. The normalized spacial score (nSPS) is 26.0. The number of nitrogens with two attached hydrogens (primary N) is 1. The summed E-state index contributed by atoms with van der Waals surface area (Å²) in [5.41, 5.74) is 5.91. The van der Waals surface area contributed by atoms with Crippen molar-refractivity contribution in [3.05, 3.63) is 23.8 Å². The van der Waals surface area contributed by atoms with Gasteiger partial charge in [-0.2, -0.15) is 5.06 Å². The number of likely N-dealkylation sites (tertiary alicyclic amines) is 1. The van der Waals surface area contributed by atoms with Crippen molar-refractivity contribution in [1.82, 2.24) is 9.96 Å². The Morgan fingerprint density at radius 3 is 2.28 bits per heavy atom. The highest BCUT2D eigenvalue weighted by Gasteiger charge is 2.58. The molecular formula is C16H19N3O6. The average molecular weight is 349 g/mol. The molecule has 134 valence electrons. The summed E-state index contributed by atoms with van der Waals surface area (Å²) in [6, 6.07) is 4.44. The maximum atomic E-state index is 12.5. The Kier molecular flexibility index (Phi) is 4.36. The minimum atomic E-state index is -0.973. The van der Waals surface area contributed by atoms with Crippen LogP contribution in [0.25, 0.3) is 0 Å². The number of hydroxylamine groups is 2. The van der Waals surface area contributed by atoms with Gasteiger partial charge in [-0.05, 0) is 17.7 Å². The van der Waals surface area contributed by atoms with Crippen molar-refractivity contribution < 1.29 is 28.7 Å². The van der Waals surface area contributed by atoms with Crippen molar-refractivity contribution in [1.29, 1.82) is 0 Å². The van der Waals surface area contributed by atoms with Crippen molar-refractivity contribution in [2.75, 3.05) is 27.8 Å². The molecule has 25 heavy (non-hydrogen) atoms.